The number of rotatable bonds is 5. The van der Waals surface area contributed by atoms with E-state index in [9.17, 15) is 0 Å². The van der Waals surface area contributed by atoms with Crippen LogP contribution in [0.2, 0.25) is 0 Å². The van der Waals surface area contributed by atoms with Crippen molar-refractivity contribution in [1.82, 2.24) is 14.9 Å². The van der Waals surface area contributed by atoms with Crippen molar-refractivity contribution >= 4 is 33.1 Å². The molecule has 0 amide bonds. The molecule has 8 heteroatoms. The van der Waals surface area contributed by atoms with E-state index in [0.29, 0.717) is 5.56 Å². The maximum atomic E-state index is 9.08. The van der Waals surface area contributed by atoms with Gasteiger partial charge in [0.1, 0.15) is 16.6 Å². The third-order valence-corrected chi connectivity index (χ3v) is 6.32. The summed E-state index contributed by atoms with van der Waals surface area (Å²) in [6.45, 7) is 4.47. The number of aromatic nitrogens is 2. The van der Waals surface area contributed by atoms with Crippen LogP contribution >= 0.6 is 27.3 Å². The molecule has 0 spiro atoms. The molecule has 1 saturated heterocycles. The van der Waals surface area contributed by atoms with Crippen molar-refractivity contribution in [2.24, 2.45) is 0 Å². The van der Waals surface area contributed by atoms with E-state index in [4.69, 9.17) is 15.0 Å². The Morgan fingerprint density at radius 2 is 2.03 bits per heavy atom. The lowest BCUT2D eigenvalue weighted by molar-refractivity contribution is 0.247. The highest BCUT2D eigenvalue weighted by molar-refractivity contribution is 9.10. The Bertz CT molecular complexity index is 1040. The number of hydrogen-bond donors (Lipinski definition) is 0. The molecule has 1 aliphatic rings. The maximum Gasteiger partial charge on any atom is 0.129 e. The summed E-state index contributed by atoms with van der Waals surface area (Å²) < 4.78 is 6.50. The predicted molar refractivity (Wildman–Crippen MR) is 118 cm³/mol. The standard InChI is InChI=1S/C21H20BrN5OS/c1-28-19-3-2-16(22)11-18(19)21-25-17(14-29-21)13-26-6-8-27(9-7-26)20-10-15(12-23)4-5-24-20/h2-5,10-11,14H,6-9,13H2,1H3. The fraction of sp³-hybridized carbons (Fsp3) is 0.286. The van der Waals surface area contributed by atoms with Gasteiger partial charge in [0.25, 0.3) is 0 Å². The van der Waals surface area contributed by atoms with E-state index in [1.165, 1.54) is 0 Å². The first-order valence-corrected chi connectivity index (χ1v) is 11.0. The minimum atomic E-state index is 0.649. The molecule has 3 heterocycles. The molecule has 2 aromatic heterocycles. The van der Waals surface area contributed by atoms with E-state index < -0.39 is 0 Å². The van der Waals surface area contributed by atoms with Gasteiger partial charge in [0.15, 0.2) is 0 Å². The van der Waals surface area contributed by atoms with Gasteiger partial charge in [-0.05, 0) is 30.3 Å². The van der Waals surface area contributed by atoms with Gasteiger partial charge in [0, 0.05) is 48.8 Å². The molecule has 1 fully saturated rings. The SMILES string of the molecule is COc1ccc(Br)cc1-c1nc(CN2CCN(c3cc(C#N)ccn3)CC2)cs1. The molecule has 0 radical (unpaired) electrons. The molecule has 0 bridgehead atoms. The van der Waals surface area contributed by atoms with E-state index in [1.807, 2.05) is 24.3 Å². The van der Waals surface area contributed by atoms with Crippen molar-refractivity contribution in [3.8, 4) is 22.4 Å². The summed E-state index contributed by atoms with van der Waals surface area (Å²) in [6.07, 6.45) is 1.70. The Labute approximate surface area is 182 Å². The fourth-order valence-corrected chi connectivity index (χ4v) is 4.57. The first kappa shape index (κ1) is 19.8. The van der Waals surface area contributed by atoms with Crippen molar-refractivity contribution in [3.05, 3.63) is 57.6 Å². The molecule has 0 unspecified atom stereocenters. The third kappa shape index (κ3) is 4.58. The van der Waals surface area contributed by atoms with Gasteiger partial charge < -0.3 is 9.64 Å². The smallest absolute Gasteiger partial charge is 0.129 e. The molecular weight excluding hydrogens is 450 g/mol. The number of halogens is 1. The second kappa shape index (κ2) is 8.91. The molecule has 0 aliphatic carbocycles. The van der Waals surface area contributed by atoms with Gasteiger partial charge in [-0.3, -0.25) is 4.90 Å². The number of anilines is 1. The third-order valence-electron chi connectivity index (χ3n) is 4.90. The number of pyridine rings is 1. The normalized spacial score (nSPS) is 14.6. The number of thiazole rings is 1. The van der Waals surface area contributed by atoms with E-state index in [-0.39, 0.29) is 0 Å². The number of methoxy groups -OCH3 is 1. The molecule has 1 aromatic carbocycles. The number of nitriles is 1. The number of nitrogens with zero attached hydrogens (tertiary/aromatic N) is 5. The van der Waals surface area contributed by atoms with Crippen LogP contribution in [0.4, 0.5) is 5.82 Å². The highest BCUT2D eigenvalue weighted by Gasteiger charge is 2.20. The average Bonchev–Trinajstić information content (AvgIpc) is 3.22. The van der Waals surface area contributed by atoms with Gasteiger partial charge in [-0.1, -0.05) is 15.9 Å². The second-order valence-electron chi connectivity index (χ2n) is 6.77. The summed E-state index contributed by atoms with van der Waals surface area (Å²) in [5, 5.41) is 12.2. The molecular formula is C21H20BrN5OS. The highest BCUT2D eigenvalue weighted by Crippen LogP contribution is 2.34. The lowest BCUT2D eigenvalue weighted by Crippen LogP contribution is -2.46. The maximum absolute atomic E-state index is 9.08. The number of hydrogen-bond acceptors (Lipinski definition) is 7. The zero-order chi connectivity index (χ0) is 20.2. The van der Waals surface area contributed by atoms with E-state index in [2.05, 4.69) is 42.2 Å². The van der Waals surface area contributed by atoms with Crippen LogP contribution in [0.5, 0.6) is 5.75 Å². The predicted octanol–water partition coefficient (Wildman–Crippen LogP) is 4.17. The van der Waals surface area contributed by atoms with Gasteiger partial charge in [0.05, 0.1) is 30.0 Å². The molecule has 0 atom stereocenters. The summed E-state index contributed by atoms with van der Waals surface area (Å²) in [6, 6.07) is 11.7. The number of piperazine rings is 1. The topological polar surface area (TPSA) is 65.3 Å². The van der Waals surface area contributed by atoms with Gasteiger partial charge in [0.2, 0.25) is 0 Å². The lowest BCUT2D eigenvalue weighted by Gasteiger charge is -2.35. The summed E-state index contributed by atoms with van der Waals surface area (Å²) in [5.41, 5.74) is 2.73. The average molecular weight is 470 g/mol. The van der Waals surface area contributed by atoms with Crippen LogP contribution in [0.25, 0.3) is 10.6 Å². The van der Waals surface area contributed by atoms with Gasteiger partial charge in [-0.25, -0.2) is 9.97 Å². The molecule has 6 nitrogen and oxygen atoms in total. The first-order chi connectivity index (χ1) is 14.2. The minimum Gasteiger partial charge on any atom is -0.496 e. The van der Waals surface area contributed by atoms with Crippen molar-refractivity contribution < 1.29 is 4.74 Å². The molecule has 4 rings (SSSR count). The van der Waals surface area contributed by atoms with Crippen LogP contribution in [0.3, 0.4) is 0 Å². The highest BCUT2D eigenvalue weighted by atomic mass is 79.9. The number of benzene rings is 1. The zero-order valence-electron chi connectivity index (χ0n) is 16.0. The van der Waals surface area contributed by atoms with Crippen LogP contribution in [0.15, 0.2) is 46.4 Å². The summed E-state index contributed by atoms with van der Waals surface area (Å²) in [5.74, 6) is 1.70. The van der Waals surface area contributed by atoms with E-state index in [1.54, 1.807) is 30.7 Å². The Balaban J connectivity index is 1.39. The largest absolute Gasteiger partial charge is 0.496 e. The number of ether oxygens (including phenoxy) is 1. The van der Waals surface area contributed by atoms with Gasteiger partial charge >= 0.3 is 0 Å². The first-order valence-electron chi connectivity index (χ1n) is 9.28. The van der Waals surface area contributed by atoms with Crippen molar-refractivity contribution in [2.45, 2.75) is 6.54 Å². The van der Waals surface area contributed by atoms with Crippen molar-refractivity contribution in [1.29, 1.82) is 5.26 Å². The van der Waals surface area contributed by atoms with Gasteiger partial charge in [-0.15, -0.1) is 11.3 Å². The molecule has 0 saturated carbocycles. The Morgan fingerprint density at radius 1 is 1.21 bits per heavy atom. The summed E-state index contributed by atoms with van der Waals surface area (Å²) in [7, 11) is 1.68. The van der Waals surface area contributed by atoms with Gasteiger partial charge in [-0.2, -0.15) is 5.26 Å². The zero-order valence-corrected chi connectivity index (χ0v) is 18.4. The van der Waals surface area contributed by atoms with E-state index in [0.717, 1.165) is 65.0 Å². The quantitative estimate of drug-likeness (QED) is 0.558. The minimum absolute atomic E-state index is 0.649. The second-order valence-corrected chi connectivity index (χ2v) is 8.54. The van der Waals surface area contributed by atoms with Crippen LogP contribution in [-0.4, -0.2) is 48.2 Å². The summed E-state index contributed by atoms with van der Waals surface area (Å²) >= 11 is 5.17. The fourth-order valence-electron chi connectivity index (χ4n) is 3.38. The van der Waals surface area contributed by atoms with Crippen molar-refractivity contribution in [3.63, 3.8) is 0 Å². The van der Waals surface area contributed by atoms with Crippen molar-refractivity contribution in [2.75, 3.05) is 38.2 Å². The Morgan fingerprint density at radius 3 is 2.79 bits per heavy atom. The van der Waals surface area contributed by atoms with E-state index >= 15 is 0 Å². The molecule has 0 N–H and O–H groups in total. The molecule has 3 aromatic rings. The lowest BCUT2D eigenvalue weighted by atomic mass is 10.2. The Hall–Kier alpha value is -2.47. The van der Waals surface area contributed by atoms with Crippen LogP contribution in [-0.2, 0) is 6.54 Å². The molecule has 148 valence electrons. The Kier molecular flexibility index (Phi) is 6.09. The van der Waals surface area contributed by atoms with Crippen LogP contribution < -0.4 is 9.64 Å². The molecule has 29 heavy (non-hydrogen) atoms. The van der Waals surface area contributed by atoms with Crippen LogP contribution in [0.1, 0.15) is 11.3 Å². The van der Waals surface area contributed by atoms with Crippen LogP contribution in [0, 0.1) is 11.3 Å². The summed E-state index contributed by atoms with van der Waals surface area (Å²) in [4.78, 5) is 13.9. The monoisotopic (exact) mass is 469 g/mol. The molecule has 1 aliphatic heterocycles.